The average Bonchev–Trinajstić information content (AvgIpc) is 3.31. The van der Waals surface area contributed by atoms with E-state index in [2.05, 4.69) is 25.2 Å². The predicted molar refractivity (Wildman–Crippen MR) is 176 cm³/mol. The van der Waals surface area contributed by atoms with Gasteiger partial charge in [-0.2, -0.15) is 8.42 Å². The van der Waals surface area contributed by atoms with Gasteiger partial charge in [0.25, 0.3) is 10.1 Å². The van der Waals surface area contributed by atoms with Crippen molar-refractivity contribution in [3.63, 3.8) is 0 Å². The zero-order valence-electron chi connectivity index (χ0n) is 24.6. The van der Waals surface area contributed by atoms with Crippen molar-refractivity contribution in [3.05, 3.63) is 107 Å². The number of fused-ring (bicyclic) bond motifs is 3. The number of benzene rings is 3. The van der Waals surface area contributed by atoms with Crippen LogP contribution in [0.1, 0.15) is 5.56 Å². The molecule has 3 aromatic carbocycles. The molecule has 1 saturated heterocycles. The molecule has 13 heteroatoms. The summed E-state index contributed by atoms with van der Waals surface area (Å²) >= 11 is 6.74. The Morgan fingerprint density at radius 1 is 0.911 bits per heavy atom. The quantitative estimate of drug-likeness (QED) is 0.263. The lowest BCUT2D eigenvalue weighted by Crippen LogP contribution is -2.43. The first-order valence-corrected chi connectivity index (χ1v) is 16.0. The van der Waals surface area contributed by atoms with Gasteiger partial charge in [0, 0.05) is 56.6 Å². The molecular weight excluding hydrogens is 614 g/mol. The lowest BCUT2D eigenvalue weighted by molar-refractivity contribution is 0.483. The highest BCUT2D eigenvalue weighted by molar-refractivity contribution is 7.85. The Hall–Kier alpha value is -4.62. The highest BCUT2D eigenvalue weighted by Gasteiger charge is 2.19. The van der Waals surface area contributed by atoms with E-state index < -0.39 is 10.1 Å². The third kappa shape index (κ3) is 6.18. The Bertz CT molecular complexity index is 2180. The van der Waals surface area contributed by atoms with E-state index in [9.17, 15) is 13.2 Å². The van der Waals surface area contributed by atoms with Crippen LogP contribution in [0.5, 0.6) is 0 Å². The number of aryl methyl sites for hydroxylation is 2. The molecule has 1 fully saturated rings. The van der Waals surface area contributed by atoms with Gasteiger partial charge in [0.05, 0.1) is 44.0 Å². The number of pyridine rings is 1. The number of hydrogen-bond acceptors (Lipinski definition) is 8. The van der Waals surface area contributed by atoms with Crippen LogP contribution in [0.25, 0.3) is 38.8 Å². The van der Waals surface area contributed by atoms with Crippen molar-refractivity contribution in [2.24, 2.45) is 7.05 Å². The summed E-state index contributed by atoms with van der Waals surface area (Å²) in [5.41, 5.74) is 6.71. The van der Waals surface area contributed by atoms with Crippen molar-refractivity contribution in [1.82, 2.24) is 29.4 Å². The fourth-order valence-electron chi connectivity index (χ4n) is 5.37. The molecule has 0 spiro atoms. The first-order chi connectivity index (χ1) is 21.6. The van der Waals surface area contributed by atoms with Gasteiger partial charge in [0.1, 0.15) is 6.33 Å². The van der Waals surface area contributed by atoms with E-state index in [1.807, 2.05) is 43.3 Å². The number of piperazine rings is 1. The van der Waals surface area contributed by atoms with Crippen molar-refractivity contribution >= 4 is 49.3 Å². The first-order valence-electron chi connectivity index (χ1n) is 14.2. The van der Waals surface area contributed by atoms with E-state index in [0.29, 0.717) is 5.02 Å². The predicted octanol–water partition coefficient (Wildman–Crippen LogP) is 4.64. The zero-order chi connectivity index (χ0) is 31.7. The van der Waals surface area contributed by atoms with Gasteiger partial charge in [0.2, 0.25) is 0 Å². The van der Waals surface area contributed by atoms with Crippen LogP contribution < -0.4 is 15.9 Å². The van der Waals surface area contributed by atoms with Gasteiger partial charge in [0.15, 0.2) is 0 Å². The Morgan fingerprint density at radius 3 is 2.29 bits per heavy atom. The molecule has 3 aromatic heterocycles. The highest BCUT2D eigenvalue weighted by atomic mass is 35.5. The van der Waals surface area contributed by atoms with Crippen LogP contribution in [0.4, 0.5) is 5.69 Å². The third-order valence-corrected chi connectivity index (χ3v) is 8.91. The van der Waals surface area contributed by atoms with Crippen molar-refractivity contribution in [2.75, 3.05) is 31.1 Å². The van der Waals surface area contributed by atoms with E-state index in [1.54, 1.807) is 46.9 Å². The van der Waals surface area contributed by atoms with Gasteiger partial charge in [-0.25, -0.2) is 14.8 Å². The lowest BCUT2D eigenvalue weighted by atomic mass is 10.1. The summed E-state index contributed by atoms with van der Waals surface area (Å²) in [5.74, 6) is 0. The Morgan fingerprint density at radius 2 is 1.62 bits per heavy atom. The van der Waals surface area contributed by atoms with Gasteiger partial charge in [-0.15, -0.1) is 0 Å². The third-order valence-electron chi connectivity index (χ3n) is 7.74. The smallest absolute Gasteiger partial charge is 0.333 e. The summed E-state index contributed by atoms with van der Waals surface area (Å²) in [5, 5.41) is 4.86. The molecule has 1 aliphatic heterocycles. The topological polar surface area (TPSA) is 135 Å². The van der Waals surface area contributed by atoms with Gasteiger partial charge in [-0.05, 0) is 55.0 Å². The Kier molecular flexibility index (Phi) is 8.38. The van der Waals surface area contributed by atoms with Crippen molar-refractivity contribution in [1.29, 1.82) is 0 Å². The summed E-state index contributed by atoms with van der Waals surface area (Å²) in [7, 11) is -2.26. The van der Waals surface area contributed by atoms with Gasteiger partial charge >= 0.3 is 5.69 Å². The van der Waals surface area contributed by atoms with Crippen LogP contribution >= 0.6 is 11.6 Å². The number of imidazole rings is 1. The minimum atomic E-state index is -4.02. The normalized spacial score (nSPS) is 13.6. The summed E-state index contributed by atoms with van der Waals surface area (Å²) in [6, 6.07) is 17.8. The number of halogens is 1. The van der Waals surface area contributed by atoms with Gasteiger partial charge in [-0.3, -0.25) is 18.7 Å². The molecule has 0 unspecified atom stereocenters. The maximum absolute atomic E-state index is 13.4. The SMILES string of the molecule is Cc1ccc(S(=O)(=O)O)cc1.Cn1c(=O)n(-c2ccc(N3CCNCC3)c(Cl)c2)c2c3cc(-c4cncnc4)ccc3ncc21. The van der Waals surface area contributed by atoms with Crippen LogP contribution in [0.2, 0.25) is 5.02 Å². The molecular formula is C32H30ClN7O4S. The maximum Gasteiger partial charge on any atom is 0.333 e. The van der Waals surface area contributed by atoms with Crippen LogP contribution in [-0.4, -0.2) is 63.2 Å². The second kappa shape index (κ2) is 12.4. The maximum atomic E-state index is 13.4. The summed E-state index contributed by atoms with van der Waals surface area (Å²) in [6.07, 6.45) is 6.80. The Labute approximate surface area is 264 Å². The minimum Gasteiger partial charge on any atom is -0.368 e. The molecule has 11 nitrogen and oxygen atoms in total. The fourth-order valence-corrected chi connectivity index (χ4v) is 6.15. The molecule has 1 aliphatic rings. The van der Waals surface area contributed by atoms with E-state index in [4.69, 9.17) is 16.2 Å². The summed E-state index contributed by atoms with van der Waals surface area (Å²) < 4.78 is 32.9. The van der Waals surface area contributed by atoms with Crippen molar-refractivity contribution < 1.29 is 13.0 Å². The van der Waals surface area contributed by atoms with Crippen LogP contribution in [0, 0.1) is 6.92 Å². The van der Waals surface area contributed by atoms with E-state index in [1.165, 1.54) is 18.5 Å². The molecule has 0 radical (unpaired) electrons. The molecule has 7 rings (SSSR count). The Balaban J connectivity index is 0.000000276. The lowest BCUT2D eigenvalue weighted by Gasteiger charge is -2.30. The molecule has 6 aromatic rings. The second-order valence-electron chi connectivity index (χ2n) is 10.7. The first kappa shape index (κ1) is 30.4. The molecule has 0 bridgehead atoms. The number of aromatic nitrogens is 5. The molecule has 0 saturated carbocycles. The van der Waals surface area contributed by atoms with Crippen LogP contribution in [-0.2, 0) is 17.2 Å². The molecule has 230 valence electrons. The van der Waals surface area contributed by atoms with E-state index in [0.717, 1.165) is 76.2 Å². The number of anilines is 1. The van der Waals surface area contributed by atoms with Crippen molar-refractivity contribution in [3.8, 4) is 16.8 Å². The molecule has 0 amide bonds. The standard InChI is InChI=1S/C25H22ClN7O.C7H8O3S/c1-31-23-14-30-21-4-2-16(17-12-28-15-29-13-17)10-19(21)24(23)33(25(31)34)18-3-5-22(20(26)11-18)32-8-6-27-7-9-32;1-6-2-4-7(5-3-6)11(8,9)10/h2-5,10-15,27H,6-9H2,1H3;2-5H,1H3,(H,8,9,10). The summed E-state index contributed by atoms with van der Waals surface area (Å²) in [6.45, 7) is 5.49. The van der Waals surface area contributed by atoms with Crippen molar-refractivity contribution in [2.45, 2.75) is 11.8 Å². The van der Waals surface area contributed by atoms with Crippen LogP contribution in [0.15, 0.2) is 95.3 Å². The minimum absolute atomic E-state index is 0.0666. The monoisotopic (exact) mass is 643 g/mol. The number of nitrogens with zero attached hydrogens (tertiary/aromatic N) is 6. The average molecular weight is 644 g/mol. The zero-order valence-corrected chi connectivity index (χ0v) is 26.1. The number of nitrogens with one attached hydrogen (secondary N) is 1. The fraction of sp³-hybridized carbons (Fsp3) is 0.188. The molecule has 2 N–H and O–H groups in total. The van der Waals surface area contributed by atoms with Crippen LogP contribution in [0.3, 0.4) is 0 Å². The second-order valence-corrected chi connectivity index (χ2v) is 12.5. The largest absolute Gasteiger partial charge is 0.368 e. The molecule has 45 heavy (non-hydrogen) atoms. The summed E-state index contributed by atoms with van der Waals surface area (Å²) in [4.78, 5) is 28.5. The molecule has 4 heterocycles. The van der Waals surface area contributed by atoms with Gasteiger partial charge < -0.3 is 10.2 Å². The molecule has 0 atom stereocenters. The molecule has 0 aliphatic carbocycles. The van der Waals surface area contributed by atoms with E-state index in [-0.39, 0.29) is 10.6 Å². The number of rotatable bonds is 4. The van der Waals surface area contributed by atoms with E-state index >= 15 is 0 Å². The highest BCUT2D eigenvalue weighted by Crippen LogP contribution is 2.32. The van der Waals surface area contributed by atoms with Gasteiger partial charge in [-0.1, -0.05) is 35.4 Å². The number of hydrogen-bond donors (Lipinski definition) is 2.